The van der Waals surface area contributed by atoms with E-state index in [9.17, 15) is 14.9 Å². The molecule has 1 amide bonds. The number of nitrogens with two attached hydrogens (primary N) is 1. The number of nitro benzene ring substituents is 1. The second kappa shape index (κ2) is 5.91. The van der Waals surface area contributed by atoms with Crippen molar-refractivity contribution in [3.63, 3.8) is 0 Å². The van der Waals surface area contributed by atoms with Gasteiger partial charge in [0.1, 0.15) is 11.5 Å². The summed E-state index contributed by atoms with van der Waals surface area (Å²) in [6, 6.07) is 10.7. The zero-order valence-electron chi connectivity index (χ0n) is 11.2. The maximum Gasteiger partial charge on any atom is 0.275 e. The van der Waals surface area contributed by atoms with E-state index in [1.165, 1.54) is 18.2 Å². The number of para-hydroxylation sites is 1. The molecular formula is C14H13N3O4. The molecule has 0 aromatic heterocycles. The Balaban J connectivity index is 2.42. The lowest BCUT2D eigenvalue weighted by molar-refractivity contribution is -0.384. The number of nitro groups is 1. The normalized spacial score (nSPS) is 9.95. The summed E-state index contributed by atoms with van der Waals surface area (Å²) >= 11 is 0. The third-order valence-electron chi connectivity index (χ3n) is 2.77. The predicted octanol–water partition coefficient (Wildman–Crippen LogP) is 2.53. The number of carbonyl (C=O) groups excluding carboxylic acids is 1. The van der Waals surface area contributed by atoms with Crippen molar-refractivity contribution in [2.45, 2.75) is 0 Å². The fraction of sp³-hybridized carbons (Fsp3) is 0.0714. The van der Waals surface area contributed by atoms with E-state index < -0.39 is 10.8 Å². The number of hydrogen-bond acceptors (Lipinski definition) is 5. The number of anilines is 1. The summed E-state index contributed by atoms with van der Waals surface area (Å²) in [6.07, 6.45) is 0. The molecular weight excluding hydrogens is 274 g/mol. The highest BCUT2D eigenvalue weighted by molar-refractivity contribution is 5.95. The molecule has 108 valence electrons. The molecule has 3 N–H and O–H groups in total. The zero-order valence-corrected chi connectivity index (χ0v) is 11.2. The van der Waals surface area contributed by atoms with Crippen LogP contribution in [-0.2, 0) is 0 Å². The van der Waals surface area contributed by atoms with Crippen LogP contribution in [-0.4, -0.2) is 17.9 Å². The van der Waals surface area contributed by atoms with Gasteiger partial charge in [-0.05, 0) is 12.1 Å². The van der Waals surface area contributed by atoms with Crippen LogP contribution in [0.2, 0.25) is 0 Å². The van der Waals surface area contributed by atoms with Crippen molar-refractivity contribution in [1.82, 2.24) is 0 Å². The summed E-state index contributed by atoms with van der Waals surface area (Å²) in [4.78, 5) is 21.7. The summed E-state index contributed by atoms with van der Waals surface area (Å²) in [6.45, 7) is 0. The number of non-ortho nitro benzene ring substituents is 1. The Bertz CT molecular complexity index is 700. The number of nitrogens with zero attached hydrogens (tertiary/aromatic N) is 1. The number of primary amides is 1. The number of benzene rings is 2. The molecule has 2 aromatic rings. The lowest BCUT2D eigenvalue weighted by atomic mass is 10.2. The molecule has 0 unspecified atom stereocenters. The fourth-order valence-electron chi connectivity index (χ4n) is 1.78. The molecule has 2 aromatic carbocycles. The van der Waals surface area contributed by atoms with E-state index in [0.29, 0.717) is 5.69 Å². The lowest BCUT2D eigenvalue weighted by Crippen LogP contribution is -2.12. The van der Waals surface area contributed by atoms with Gasteiger partial charge < -0.3 is 15.8 Å². The Morgan fingerprint density at radius 3 is 2.62 bits per heavy atom. The van der Waals surface area contributed by atoms with Gasteiger partial charge in [0.15, 0.2) is 0 Å². The Hall–Kier alpha value is -3.09. The maximum atomic E-state index is 11.3. The van der Waals surface area contributed by atoms with Crippen molar-refractivity contribution in [2.24, 2.45) is 5.73 Å². The van der Waals surface area contributed by atoms with Crippen LogP contribution in [0, 0.1) is 10.1 Å². The fourth-order valence-corrected chi connectivity index (χ4v) is 1.78. The van der Waals surface area contributed by atoms with Crippen molar-refractivity contribution in [2.75, 3.05) is 12.4 Å². The van der Waals surface area contributed by atoms with Crippen molar-refractivity contribution >= 4 is 17.3 Å². The second-order valence-electron chi connectivity index (χ2n) is 4.19. The number of carbonyl (C=O) groups is 1. The third kappa shape index (κ3) is 3.27. The molecule has 0 fully saturated rings. The largest absolute Gasteiger partial charge is 0.456 e. The van der Waals surface area contributed by atoms with Gasteiger partial charge in [-0.1, -0.05) is 12.1 Å². The average molecular weight is 287 g/mol. The number of hydrogen-bond donors (Lipinski definition) is 2. The Morgan fingerprint density at radius 1 is 1.29 bits per heavy atom. The number of rotatable bonds is 5. The van der Waals surface area contributed by atoms with Gasteiger partial charge in [0, 0.05) is 24.9 Å². The summed E-state index contributed by atoms with van der Waals surface area (Å²) in [5.74, 6) is -0.153. The van der Waals surface area contributed by atoms with Crippen LogP contribution in [0.4, 0.5) is 11.4 Å². The molecule has 0 atom stereocenters. The van der Waals surface area contributed by atoms with Crippen LogP contribution < -0.4 is 15.8 Å². The number of nitrogens with one attached hydrogen (secondary N) is 1. The topological polar surface area (TPSA) is 107 Å². The molecule has 0 radical (unpaired) electrons. The van der Waals surface area contributed by atoms with Crippen molar-refractivity contribution in [1.29, 1.82) is 0 Å². The first-order valence-electron chi connectivity index (χ1n) is 6.05. The van der Waals surface area contributed by atoms with Crippen molar-refractivity contribution in [3.05, 3.63) is 58.1 Å². The van der Waals surface area contributed by atoms with Crippen LogP contribution >= 0.6 is 0 Å². The van der Waals surface area contributed by atoms with Gasteiger partial charge in [0.2, 0.25) is 0 Å². The van der Waals surface area contributed by atoms with E-state index in [-0.39, 0.29) is 22.7 Å². The molecule has 0 aliphatic carbocycles. The minimum Gasteiger partial charge on any atom is -0.456 e. The molecule has 7 nitrogen and oxygen atoms in total. The summed E-state index contributed by atoms with van der Waals surface area (Å²) in [5.41, 5.74) is 5.87. The van der Waals surface area contributed by atoms with E-state index in [4.69, 9.17) is 10.5 Å². The second-order valence-corrected chi connectivity index (χ2v) is 4.19. The minimum atomic E-state index is -0.634. The molecule has 21 heavy (non-hydrogen) atoms. The summed E-state index contributed by atoms with van der Waals surface area (Å²) in [7, 11) is 1.64. The molecule has 0 aliphatic heterocycles. The van der Waals surface area contributed by atoms with Crippen LogP contribution in [0.3, 0.4) is 0 Å². The van der Waals surface area contributed by atoms with Gasteiger partial charge in [0.05, 0.1) is 16.6 Å². The molecule has 0 saturated heterocycles. The first-order valence-corrected chi connectivity index (χ1v) is 6.05. The molecule has 0 bridgehead atoms. The Labute approximate surface area is 120 Å². The predicted molar refractivity (Wildman–Crippen MR) is 77.7 cm³/mol. The van der Waals surface area contributed by atoms with Crippen LogP contribution in [0.5, 0.6) is 11.5 Å². The lowest BCUT2D eigenvalue weighted by Gasteiger charge is -2.10. The van der Waals surface area contributed by atoms with Gasteiger partial charge in [0.25, 0.3) is 11.6 Å². The minimum absolute atomic E-state index is 0.117. The van der Waals surface area contributed by atoms with Gasteiger partial charge in [-0.25, -0.2) is 0 Å². The summed E-state index contributed by atoms with van der Waals surface area (Å²) < 4.78 is 5.56. The molecule has 0 saturated carbocycles. The Kier molecular flexibility index (Phi) is 4.03. The average Bonchev–Trinajstić information content (AvgIpc) is 2.47. The van der Waals surface area contributed by atoms with E-state index in [0.717, 1.165) is 0 Å². The number of amides is 1. The number of ether oxygens (including phenoxy) is 1. The molecule has 0 heterocycles. The molecule has 0 aliphatic rings. The SMILES string of the molecule is CNc1cc(Oc2ccccc2C(N)=O)cc([N+](=O)[O-])c1. The van der Waals surface area contributed by atoms with Gasteiger partial charge in [-0.15, -0.1) is 0 Å². The van der Waals surface area contributed by atoms with Gasteiger partial charge in [-0.3, -0.25) is 14.9 Å². The van der Waals surface area contributed by atoms with Crippen molar-refractivity contribution in [3.8, 4) is 11.5 Å². The molecule has 0 spiro atoms. The molecule has 2 rings (SSSR count). The first-order chi connectivity index (χ1) is 10.0. The standard InChI is InChI=1S/C14H13N3O4/c1-16-9-6-10(17(19)20)8-11(7-9)21-13-5-3-2-4-12(13)14(15)18/h2-8,16H,1H3,(H2,15,18). The highest BCUT2D eigenvalue weighted by atomic mass is 16.6. The van der Waals surface area contributed by atoms with E-state index >= 15 is 0 Å². The van der Waals surface area contributed by atoms with Crippen LogP contribution in [0.15, 0.2) is 42.5 Å². The van der Waals surface area contributed by atoms with E-state index in [1.807, 2.05) is 0 Å². The highest BCUT2D eigenvalue weighted by Crippen LogP contribution is 2.31. The summed E-state index contributed by atoms with van der Waals surface area (Å²) in [5, 5.41) is 13.7. The molecule has 7 heteroatoms. The van der Waals surface area contributed by atoms with Crippen LogP contribution in [0.25, 0.3) is 0 Å². The maximum absolute atomic E-state index is 11.3. The van der Waals surface area contributed by atoms with Gasteiger partial charge >= 0.3 is 0 Å². The van der Waals surface area contributed by atoms with E-state index in [2.05, 4.69) is 5.32 Å². The smallest absolute Gasteiger partial charge is 0.275 e. The monoisotopic (exact) mass is 287 g/mol. The Morgan fingerprint density at radius 2 is 2.00 bits per heavy atom. The van der Waals surface area contributed by atoms with Crippen LogP contribution in [0.1, 0.15) is 10.4 Å². The van der Waals surface area contributed by atoms with Crippen molar-refractivity contribution < 1.29 is 14.5 Å². The van der Waals surface area contributed by atoms with E-state index in [1.54, 1.807) is 31.3 Å². The quantitative estimate of drug-likeness (QED) is 0.649. The third-order valence-corrected chi connectivity index (χ3v) is 2.77. The first kappa shape index (κ1) is 14.3. The zero-order chi connectivity index (χ0) is 15.4. The van der Waals surface area contributed by atoms with Gasteiger partial charge in [-0.2, -0.15) is 0 Å². The highest BCUT2D eigenvalue weighted by Gasteiger charge is 2.13.